The Morgan fingerprint density at radius 3 is 2.36 bits per heavy atom. The fraction of sp³-hybridized carbons (Fsp3) is 0.588. The molecule has 0 radical (unpaired) electrons. The Bertz CT molecular complexity index is 529. The molecule has 6 N–H and O–H groups in total. The van der Waals surface area contributed by atoms with Crippen LogP contribution in [0.1, 0.15) is 25.7 Å². The number of aliphatic imine (C=N–C) groups is 1. The molecule has 0 aromatic rings. The molecule has 8 nitrogen and oxygen atoms in total. The minimum Gasteiger partial charge on any atom is -0.361 e. The number of nitrogens with one attached hydrogen (secondary N) is 2. The fourth-order valence-electron chi connectivity index (χ4n) is 2.27. The number of carbonyl (C=O) groups excluding carboxylic acids is 1. The van der Waals surface area contributed by atoms with Crippen LogP contribution in [0.3, 0.4) is 0 Å². The van der Waals surface area contributed by atoms with E-state index in [1.807, 2.05) is 0 Å². The topological polar surface area (TPSA) is 142 Å². The number of amides is 1. The average molecular weight is 347 g/mol. The summed E-state index contributed by atoms with van der Waals surface area (Å²) in [5.74, 6) is -0.201. The van der Waals surface area contributed by atoms with Crippen molar-refractivity contribution < 1.29 is 9.58 Å². The Kier molecular flexibility index (Phi) is 11.3. The number of rotatable bonds is 12. The summed E-state index contributed by atoms with van der Waals surface area (Å²) in [6, 6.07) is -0.329. The van der Waals surface area contributed by atoms with Crippen LogP contribution in [0.2, 0.25) is 0 Å². The van der Waals surface area contributed by atoms with Crippen molar-refractivity contribution in [2.45, 2.75) is 31.7 Å². The van der Waals surface area contributed by atoms with Crippen LogP contribution in [0.4, 0.5) is 0 Å². The van der Waals surface area contributed by atoms with Gasteiger partial charge in [-0.05, 0) is 70.6 Å². The van der Waals surface area contributed by atoms with E-state index in [-0.39, 0.29) is 11.9 Å². The molecule has 0 aliphatic heterocycles. The van der Waals surface area contributed by atoms with Gasteiger partial charge in [0.25, 0.3) is 5.91 Å². The van der Waals surface area contributed by atoms with Crippen molar-refractivity contribution in [3.8, 4) is 0 Å². The molecule has 0 spiro atoms. The van der Waals surface area contributed by atoms with Gasteiger partial charge in [0.15, 0.2) is 0 Å². The van der Waals surface area contributed by atoms with E-state index in [1.54, 1.807) is 24.3 Å². The van der Waals surface area contributed by atoms with Crippen molar-refractivity contribution in [1.29, 1.82) is 0 Å². The van der Waals surface area contributed by atoms with Crippen LogP contribution in [0, 0.1) is 0 Å². The molecule has 1 unspecified atom stereocenters. The van der Waals surface area contributed by atoms with Crippen molar-refractivity contribution in [2.24, 2.45) is 16.5 Å². The standard InChI is InChI=1S/C17H29N7O/c18-9-2-12-21-11-1-4-16(22-13-3-10-19)17(25)23-14-5-7-15(24-20)8-6-14/h5-8,16,21-22H,1-4,9-13,18-19H2. The van der Waals surface area contributed by atoms with Crippen LogP contribution in [0.25, 0.3) is 5.53 Å². The molecule has 25 heavy (non-hydrogen) atoms. The van der Waals surface area contributed by atoms with Gasteiger partial charge >= 0.3 is 5.71 Å². The SMILES string of the molecule is [N-]=[N+]=C1C=CC(=NC(=O)C(CCCNCCCN)NCCCN)C=C1. The van der Waals surface area contributed by atoms with Crippen LogP contribution < -0.4 is 22.1 Å². The highest BCUT2D eigenvalue weighted by molar-refractivity contribution is 6.19. The van der Waals surface area contributed by atoms with Gasteiger partial charge in [0.05, 0.1) is 11.8 Å². The number of allylic oxidation sites excluding steroid dienone is 4. The second-order valence-corrected chi connectivity index (χ2v) is 5.75. The zero-order chi connectivity index (χ0) is 18.3. The van der Waals surface area contributed by atoms with E-state index >= 15 is 0 Å². The van der Waals surface area contributed by atoms with Gasteiger partial charge in [0, 0.05) is 12.2 Å². The quantitative estimate of drug-likeness (QED) is 0.167. The van der Waals surface area contributed by atoms with E-state index in [0.29, 0.717) is 37.5 Å². The molecule has 8 heteroatoms. The largest absolute Gasteiger partial charge is 0.361 e. The third-order valence-corrected chi connectivity index (χ3v) is 3.68. The van der Waals surface area contributed by atoms with Crippen molar-refractivity contribution in [3.63, 3.8) is 0 Å². The molecule has 1 atom stereocenters. The molecule has 0 saturated heterocycles. The van der Waals surface area contributed by atoms with E-state index in [4.69, 9.17) is 17.0 Å². The predicted octanol–water partition coefficient (Wildman–Crippen LogP) is -0.224. The molecule has 0 bridgehead atoms. The first kappa shape index (κ1) is 21.1. The van der Waals surface area contributed by atoms with Crippen LogP contribution in [-0.4, -0.2) is 60.9 Å². The number of carbonyl (C=O) groups is 1. The smallest absolute Gasteiger partial charge is 0.315 e. The van der Waals surface area contributed by atoms with E-state index in [9.17, 15) is 4.79 Å². The molecule has 0 heterocycles. The summed E-state index contributed by atoms with van der Waals surface area (Å²) < 4.78 is 0. The maximum Gasteiger partial charge on any atom is 0.315 e. The number of hydrogen-bond acceptors (Lipinski definition) is 5. The molecule has 138 valence electrons. The van der Waals surface area contributed by atoms with Crippen LogP contribution >= 0.6 is 0 Å². The molecule has 0 aromatic carbocycles. The van der Waals surface area contributed by atoms with Crippen molar-refractivity contribution in [3.05, 3.63) is 29.8 Å². The van der Waals surface area contributed by atoms with Gasteiger partial charge in [0.1, 0.15) is 0 Å². The molecule has 1 aliphatic carbocycles. The van der Waals surface area contributed by atoms with Gasteiger partial charge in [-0.1, -0.05) is 0 Å². The lowest BCUT2D eigenvalue weighted by molar-refractivity contribution is -0.119. The summed E-state index contributed by atoms with van der Waals surface area (Å²) in [6.45, 7) is 3.68. The summed E-state index contributed by atoms with van der Waals surface area (Å²) >= 11 is 0. The Morgan fingerprint density at radius 2 is 1.72 bits per heavy atom. The van der Waals surface area contributed by atoms with Gasteiger partial charge in [-0.15, -0.1) is 0 Å². The van der Waals surface area contributed by atoms with E-state index in [2.05, 4.69) is 20.4 Å². The molecule has 1 amide bonds. The number of nitrogens with two attached hydrogens (primary N) is 2. The minimum absolute atomic E-state index is 0.201. The second kappa shape index (κ2) is 13.3. The van der Waals surface area contributed by atoms with E-state index in [1.165, 1.54) is 0 Å². The minimum atomic E-state index is -0.329. The highest BCUT2D eigenvalue weighted by Gasteiger charge is 2.17. The Hall–Kier alpha value is -1.96. The van der Waals surface area contributed by atoms with E-state index < -0.39 is 0 Å². The summed E-state index contributed by atoms with van der Waals surface area (Å²) in [5.41, 5.74) is 20.6. The van der Waals surface area contributed by atoms with Gasteiger partial charge in [0.2, 0.25) is 0 Å². The Balaban J connectivity index is 2.54. The maximum atomic E-state index is 12.5. The lowest BCUT2D eigenvalue weighted by Gasteiger charge is -2.16. The van der Waals surface area contributed by atoms with Gasteiger partial charge in [-0.25, -0.2) is 4.99 Å². The third kappa shape index (κ3) is 9.19. The molecule has 1 aliphatic rings. The summed E-state index contributed by atoms with van der Waals surface area (Å²) in [5, 5.41) is 6.54. The summed E-state index contributed by atoms with van der Waals surface area (Å²) in [7, 11) is 0. The highest BCUT2D eigenvalue weighted by atomic mass is 16.1. The number of hydrogen-bond donors (Lipinski definition) is 4. The molecule has 0 aromatic heterocycles. The molecular weight excluding hydrogens is 318 g/mol. The first-order valence-corrected chi connectivity index (χ1v) is 8.76. The first-order valence-electron chi connectivity index (χ1n) is 8.76. The Morgan fingerprint density at radius 1 is 1.08 bits per heavy atom. The average Bonchev–Trinajstić information content (AvgIpc) is 2.63. The van der Waals surface area contributed by atoms with Crippen molar-refractivity contribution in [1.82, 2.24) is 10.6 Å². The monoisotopic (exact) mass is 347 g/mol. The lowest BCUT2D eigenvalue weighted by Crippen LogP contribution is -2.38. The van der Waals surface area contributed by atoms with Gasteiger partial charge < -0.3 is 27.6 Å². The number of nitrogens with zero attached hydrogens (tertiary/aromatic N) is 3. The summed E-state index contributed by atoms with van der Waals surface area (Å²) in [6.07, 6.45) is 9.83. The zero-order valence-corrected chi connectivity index (χ0v) is 14.7. The predicted molar refractivity (Wildman–Crippen MR) is 101 cm³/mol. The lowest BCUT2D eigenvalue weighted by atomic mass is 10.1. The zero-order valence-electron chi connectivity index (χ0n) is 14.7. The molecule has 1 rings (SSSR count). The van der Waals surface area contributed by atoms with E-state index in [0.717, 1.165) is 32.4 Å². The van der Waals surface area contributed by atoms with Crippen molar-refractivity contribution >= 4 is 17.3 Å². The van der Waals surface area contributed by atoms with Crippen LogP contribution in [0.5, 0.6) is 0 Å². The maximum absolute atomic E-state index is 12.5. The van der Waals surface area contributed by atoms with Gasteiger partial charge in [-0.3, -0.25) is 4.79 Å². The Labute approximate surface area is 149 Å². The normalized spacial score (nSPS) is 14.5. The fourth-order valence-corrected chi connectivity index (χ4v) is 2.27. The third-order valence-electron chi connectivity index (χ3n) is 3.68. The van der Waals surface area contributed by atoms with Gasteiger partial charge in [-0.2, -0.15) is 4.79 Å². The second-order valence-electron chi connectivity index (χ2n) is 5.75. The van der Waals surface area contributed by atoms with Crippen LogP contribution in [-0.2, 0) is 4.79 Å². The highest BCUT2D eigenvalue weighted by Crippen LogP contribution is 2.03. The summed E-state index contributed by atoms with van der Waals surface area (Å²) in [4.78, 5) is 19.7. The molecule has 0 saturated carbocycles. The van der Waals surface area contributed by atoms with Crippen LogP contribution in [0.15, 0.2) is 29.3 Å². The first-order chi connectivity index (χ1) is 12.2. The molecule has 0 fully saturated rings. The van der Waals surface area contributed by atoms with Crippen molar-refractivity contribution in [2.75, 3.05) is 32.7 Å². The molecular formula is C17H29N7O.